The van der Waals surface area contributed by atoms with Crippen LogP contribution in [0.25, 0.3) is 0 Å². The third-order valence-corrected chi connectivity index (χ3v) is 3.63. The predicted molar refractivity (Wildman–Crippen MR) is 77.4 cm³/mol. The summed E-state index contributed by atoms with van der Waals surface area (Å²) in [5.74, 6) is 0. The standard InChI is InChI=1S/C14H20N2S/c15-14(17)12-9-5-6-10-13(12)16-11-7-3-1-2-4-8-11/h5-6,9-11,16H,1-4,7-8H2,(H2,15,17). The lowest BCUT2D eigenvalue weighted by molar-refractivity contribution is 0.620. The minimum Gasteiger partial charge on any atom is -0.389 e. The Morgan fingerprint density at radius 3 is 2.41 bits per heavy atom. The maximum Gasteiger partial charge on any atom is 0.106 e. The van der Waals surface area contributed by atoms with E-state index in [1.54, 1.807) is 0 Å². The fraction of sp³-hybridized carbons (Fsp3) is 0.500. The van der Waals surface area contributed by atoms with Crippen molar-refractivity contribution in [3.05, 3.63) is 29.8 Å². The Hall–Kier alpha value is -1.09. The molecule has 0 aromatic heterocycles. The quantitative estimate of drug-likeness (QED) is 0.635. The van der Waals surface area contributed by atoms with Gasteiger partial charge in [-0.2, -0.15) is 0 Å². The molecular formula is C14H20N2S. The Labute approximate surface area is 109 Å². The van der Waals surface area contributed by atoms with E-state index in [-0.39, 0.29) is 0 Å². The van der Waals surface area contributed by atoms with Gasteiger partial charge in [-0.25, -0.2) is 0 Å². The van der Waals surface area contributed by atoms with Crippen molar-refractivity contribution >= 4 is 22.9 Å². The van der Waals surface area contributed by atoms with E-state index in [0.717, 1.165) is 11.3 Å². The Bertz CT molecular complexity index is 382. The van der Waals surface area contributed by atoms with Crippen molar-refractivity contribution in [2.45, 2.75) is 44.6 Å². The van der Waals surface area contributed by atoms with Crippen LogP contribution in [0.4, 0.5) is 5.69 Å². The van der Waals surface area contributed by atoms with Crippen LogP contribution in [0.15, 0.2) is 24.3 Å². The molecule has 1 aromatic carbocycles. The number of hydrogen-bond donors (Lipinski definition) is 2. The minimum absolute atomic E-state index is 0.474. The minimum atomic E-state index is 0.474. The molecule has 0 radical (unpaired) electrons. The molecule has 0 bridgehead atoms. The van der Waals surface area contributed by atoms with Crippen molar-refractivity contribution in [3.8, 4) is 0 Å². The number of hydrogen-bond acceptors (Lipinski definition) is 2. The topological polar surface area (TPSA) is 38.0 Å². The van der Waals surface area contributed by atoms with Gasteiger partial charge in [0.2, 0.25) is 0 Å². The molecule has 0 heterocycles. The molecule has 3 N–H and O–H groups in total. The number of benzene rings is 1. The van der Waals surface area contributed by atoms with Crippen molar-refractivity contribution in [1.82, 2.24) is 0 Å². The lowest BCUT2D eigenvalue weighted by atomic mass is 10.1. The summed E-state index contributed by atoms with van der Waals surface area (Å²) >= 11 is 5.08. The second-order valence-electron chi connectivity index (χ2n) is 4.74. The van der Waals surface area contributed by atoms with Crippen LogP contribution in [0.2, 0.25) is 0 Å². The number of nitrogens with two attached hydrogens (primary N) is 1. The summed E-state index contributed by atoms with van der Waals surface area (Å²) in [7, 11) is 0. The van der Waals surface area contributed by atoms with E-state index in [0.29, 0.717) is 11.0 Å². The summed E-state index contributed by atoms with van der Waals surface area (Å²) in [6.07, 6.45) is 7.90. The molecule has 1 aromatic rings. The molecule has 3 heteroatoms. The van der Waals surface area contributed by atoms with Gasteiger partial charge in [0.15, 0.2) is 0 Å². The lowest BCUT2D eigenvalue weighted by Gasteiger charge is -2.19. The van der Waals surface area contributed by atoms with E-state index in [4.69, 9.17) is 18.0 Å². The molecule has 2 rings (SSSR count). The van der Waals surface area contributed by atoms with Gasteiger partial charge in [0.25, 0.3) is 0 Å². The van der Waals surface area contributed by atoms with Crippen LogP contribution < -0.4 is 11.1 Å². The summed E-state index contributed by atoms with van der Waals surface area (Å²) in [6.45, 7) is 0. The van der Waals surface area contributed by atoms with Crippen LogP contribution in [0.3, 0.4) is 0 Å². The largest absolute Gasteiger partial charge is 0.389 e. The van der Waals surface area contributed by atoms with Gasteiger partial charge in [-0.3, -0.25) is 0 Å². The number of thiocarbonyl (C=S) groups is 1. The molecular weight excluding hydrogens is 228 g/mol. The highest BCUT2D eigenvalue weighted by molar-refractivity contribution is 7.80. The van der Waals surface area contributed by atoms with Crippen molar-refractivity contribution in [2.75, 3.05) is 5.32 Å². The number of para-hydroxylation sites is 1. The monoisotopic (exact) mass is 248 g/mol. The molecule has 0 saturated heterocycles. The van der Waals surface area contributed by atoms with Crippen LogP contribution in [0.1, 0.15) is 44.1 Å². The first-order valence-corrected chi connectivity index (χ1v) is 6.83. The Balaban J connectivity index is 2.09. The van der Waals surface area contributed by atoms with E-state index in [9.17, 15) is 0 Å². The van der Waals surface area contributed by atoms with Gasteiger partial charge in [-0.1, -0.05) is 50.0 Å². The molecule has 0 atom stereocenters. The third kappa shape index (κ3) is 3.43. The SMILES string of the molecule is NC(=S)c1ccccc1NC1CCCCCC1. The molecule has 1 saturated carbocycles. The molecule has 1 aliphatic rings. The first kappa shape index (κ1) is 12.4. The van der Waals surface area contributed by atoms with E-state index in [1.165, 1.54) is 38.5 Å². The van der Waals surface area contributed by atoms with Crippen molar-refractivity contribution in [1.29, 1.82) is 0 Å². The zero-order chi connectivity index (χ0) is 12.1. The second kappa shape index (κ2) is 6.01. The highest BCUT2D eigenvalue weighted by atomic mass is 32.1. The molecule has 1 fully saturated rings. The molecule has 1 aliphatic carbocycles. The average molecular weight is 248 g/mol. The van der Waals surface area contributed by atoms with Gasteiger partial charge in [-0.05, 0) is 25.0 Å². The first-order valence-electron chi connectivity index (χ1n) is 6.43. The van der Waals surface area contributed by atoms with Gasteiger partial charge >= 0.3 is 0 Å². The van der Waals surface area contributed by atoms with Crippen LogP contribution in [-0.4, -0.2) is 11.0 Å². The highest BCUT2D eigenvalue weighted by Gasteiger charge is 2.13. The van der Waals surface area contributed by atoms with Gasteiger partial charge in [0.05, 0.1) is 0 Å². The number of nitrogens with one attached hydrogen (secondary N) is 1. The molecule has 0 unspecified atom stereocenters. The maximum absolute atomic E-state index is 5.74. The van der Waals surface area contributed by atoms with Crippen molar-refractivity contribution < 1.29 is 0 Å². The molecule has 17 heavy (non-hydrogen) atoms. The number of anilines is 1. The zero-order valence-corrected chi connectivity index (χ0v) is 10.9. The van der Waals surface area contributed by atoms with Gasteiger partial charge < -0.3 is 11.1 Å². The van der Waals surface area contributed by atoms with E-state index < -0.39 is 0 Å². The molecule has 0 spiro atoms. The van der Waals surface area contributed by atoms with Crippen molar-refractivity contribution in [3.63, 3.8) is 0 Å². The fourth-order valence-electron chi connectivity index (χ4n) is 2.47. The summed E-state index contributed by atoms with van der Waals surface area (Å²) < 4.78 is 0. The van der Waals surface area contributed by atoms with E-state index in [1.807, 2.05) is 18.2 Å². The van der Waals surface area contributed by atoms with E-state index >= 15 is 0 Å². The number of rotatable bonds is 3. The lowest BCUT2D eigenvalue weighted by Crippen LogP contribution is -2.21. The summed E-state index contributed by atoms with van der Waals surface area (Å²) in [4.78, 5) is 0.474. The first-order chi connectivity index (χ1) is 8.27. The molecule has 2 nitrogen and oxygen atoms in total. The highest BCUT2D eigenvalue weighted by Crippen LogP contribution is 2.23. The van der Waals surface area contributed by atoms with Crippen molar-refractivity contribution in [2.24, 2.45) is 5.73 Å². The predicted octanol–water partition coefficient (Wildman–Crippen LogP) is 3.46. The Kier molecular flexibility index (Phi) is 4.37. The van der Waals surface area contributed by atoms with Crippen LogP contribution >= 0.6 is 12.2 Å². The second-order valence-corrected chi connectivity index (χ2v) is 5.18. The smallest absolute Gasteiger partial charge is 0.106 e. The summed E-state index contributed by atoms with van der Waals surface area (Å²) in [5, 5.41) is 3.60. The van der Waals surface area contributed by atoms with Gasteiger partial charge in [0.1, 0.15) is 4.99 Å². The summed E-state index contributed by atoms with van der Waals surface area (Å²) in [6, 6.07) is 8.64. The van der Waals surface area contributed by atoms with Crippen LogP contribution in [0.5, 0.6) is 0 Å². The fourth-order valence-corrected chi connectivity index (χ4v) is 2.65. The van der Waals surface area contributed by atoms with Crippen LogP contribution in [0, 0.1) is 0 Å². The Morgan fingerprint density at radius 1 is 1.12 bits per heavy atom. The van der Waals surface area contributed by atoms with Crippen LogP contribution in [-0.2, 0) is 0 Å². The molecule has 0 amide bonds. The molecule has 92 valence electrons. The van der Waals surface area contributed by atoms with E-state index in [2.05, 4.69) is 11.4 Å². The maximum atomic E-state index is 5.74. The average Bonchev–Trinajstić information content (AvgIpc) is 2.58. The third-order valence-electron chi connectivity index (χ3n) is 3.41. The summed E-state index contributed by atoms with van der Waals surface area (Å²) in [5.41, 5.74) is 7.80. The Morgan fingerprint density at radius 2 is 1.76 bits per heavy atom. The van der Waals surface area contributed by atoms with Gasteiger partial charge in [0, 0.05) is 17.3 Å². The molecule has 0 aliphatic heterocycles. The zero-order valence-electron chi connectivity index (χ0n) is 10.1. The van der Waals surface area contributed by atoms with Gasteiger partial charge in [-0.15, -0.1) is 0 Å². The normalized spacial score (nSPS) is 17.4.